The van der Waals surface area contributed by atoms with Crippen molar-refractivity contribution in [2.75, 3.05) is 7.11 Å². The first-order valence-corrected chi connectivity index (χ1v) is 5.17. The summed E-state index contributed by atoms with van der Waals surface area (Å²) in [4.78, 5) is 19.0. The number of nitrogens with zero attached hydrogens (tertiary/aromatic N) is 2. The molecule has 1 aromatic heterocycles. The summed E-state index contributed by atoms with van der Waals surface area (Å²) in [5.41, 5.74) is 3.35. The molecule has 0 unspecified atom stereocenters. The smallest absolute Gasteiger partial charge is 0.316 e. The number of aryl methyl sites for hydroxylation is 1. The number of ether oxygens (including phenoxy) is 1. The van der Waals surface area contributed by atoms with Crippen molar-refractivity contribution in [3.8, 4) is 17.1 Å². The molecular formula is C13H12N2O2. The average Bonchev–Trinajstić information content (AvgIpc) is 2.39. The van der Waals surface area contributed by atoms with Crippen LogP contribution in [0.5, 0.6) is 6.01 Å². The van der Waals surface area contributed by atoms with E-state index in [1.165, 1.54) is 7.11 Å². The maximum atomic E-state index is 11.0. The molecule has 1 heterocycles. The Labute approximate surface area is 99.3 Å². The molecule has 86 valence electrons. The third-order valence-corrected chi connectivity index (χ3v) is 2.46. The van der Waals surface area contributed by atoms with E-state index in [9.17, 15) is 4.79 Å². The van der Waals surface area contributed by atoms with Gasteiger partial charge in [0.1, 0.15) is 0 Å². The monoisotopic (exact) mass is 228 g/mol. The van der Waals surface area contributed by atoms with Gasteiger partial charge in [-0.15, -0.1) is 0 Å². The van der Waals surface area contributed by atoms with E-state index in [1.54, 1.807) is 18.5 Å². The molecule has 0 N–H and O–H groups in total. The summed E-state index contributed by atoms with van der Waals surface area (Å²) < 4.78 is 4.89. The first-order chi connectivity index (χ1) is 8.24. The molecule has 17 heavy (non-hydrogen) atoms. The van der Waals surface area contributed by atoms with Crippen molar-refractivity contribution in [3.05, 3.63) is 41.7 Å². The predicted molar refractivity (Wildman–Crippen MR) is 64.1 cm³/mol. The molecule has 0 aliphatic rings. The molecule has 0 amide bonds. The van der Waals surface area contributed by atoms with Crippen LogP contribution < -0.4 is 4.74 Å². The van der Waals surface area contributed by atoms with E-state index in [4.69, 9.17) is 4.74 Å². The number of carbonyl (C=O) groups excluding carboxylic acids is 1. The summed E-state index contributed by atoms with van der Waals surface area (Å²) in [6.45, 7) is 1.97. The highest BCUT2D eigenvalue weighted by Gasteiger charge is 2.06. The normalized spacial score (nSPS) is 10.0. The van der Waals surface area contributed by atoms with Gasteiger partial charge < -0.3 is 4.74 Å². The van der Waals surface area contributed by atoms with Crippen LogP contribution in [0.15, 0.2) is 30.6 Å². The molecule has 0 radical (unpaired) electrons. The lowest BCUT2D eigenvalue weighted by Crippen LogP contribution is -1.94. The summed E-state index contributed by atoms with van der Waals surface area (Å²) in [7, 11) is 1.51. The van der Waals surface area contributed by atoms with Crippen LogP contribution in [0.2, 0.25) is 0 Å². The molecule has 0 spiro atoms. The van der Waals surface area contributed by atoms with Crippen LogP contribution in [-0.4, -0.2) is 23.4 Å². The van der Waals surface area contributed by atoms with Gasteiger partial charge in [0.15, 0.2) is 6.29 Å². The number of hydrogen-bond acceptors (Lipinski definition) is 4. The van der Waals surface area contributed by atoms with Gasteiger partial charge in [-0.3, -0.25) is 4.79 Å². The number of aromatic nitrogens is 2. The summed E-state index contributed by atoms with van der Waals surface area (Å²) in [5, 5.41) is 0. The topological polar surface area (TPSA) is 52.1 Å². The maximum Gasteiger partial charge on any atom is 0.316 e. The highest BCUT2D eigenvalue weighted by atomic mass is 16.5. The first-order valence-electron chi connectivity index (χ1n) is 5.17. The number of carbonyl (C=O) groups is 1. The van der Waals surface area contributed by atoms with Crippen molar-refractivity contribution in [1.29, 1.82) is 0 Å². The van der Waals surface area contributed by atoms with Gasteiger partial charge in [0.05, 0.1) is 7.11 Å². The maximum absolute atomic E-state index is 11.0. The Balaban J connectivity index is 2.50. The van der Waals surface area contributed by atoms with Crippen molar-refractivity contribution >= 4 is 6.29 Å². The SMILES string of the molecule is COc1ncc(-c2cc(C)ccc2C=O)cn1. The van der Waals surface area contributed by atoms with Gasteiger partial charge in [0, 0.05) is 23.5 Å². The van der Waals surface area contributed by atoms with Crippen molar-refractivity contribution < 1.29 is 9.53 Å². The Kier molecular flexibility index (Phi) is 3.14. The van der Waals surface area contributed by atoms with Gasteiger partial charge in [-0.05, 0) is 12.5 Å². The van der Waals surface area contributed by atoms with Crippen LogP contribution in [0.4, 0.5) is 0 Å². The zero-order valence-electron chi connectivity index (χ0n) is 9.68. The minimum atomic E-state index is 0.314. The fourth-order valence-corrected chi connectivity index (χ4v) is 1.58. The predicted octanol–water partition coefficient (Wildman–Crippen LogP) is 2.27. The van der Waals surface area contributed by atoms with E-state index in [0.29, 0.717) is 11.6 Å². The number of rotatable bonds is 3. The summed E-state index contributed by atoms with van der Waals surface area (Å²) in [5.74, 6) is 0. The Morgan fingerprint density at radius 1 is 1.24 bits per heavy atom. The number of benzene rings is 1. The lowest BCUT2D eigenvalue weighted by atomic mass is 10.0. The molecule has 0 aliphatic heterocycles. The molecule has 0 atom stereocenters. The van der Waals surface area contributed by atoms with E-state index in [0.717, 1.165) is 23.0 Å². The van der Waals surface area contributed by atoms with Gasteiger partial charge >= 0.3 is 6.01 Å². The van der Waals surface area contributed by atoms with Crippen LogP contribution >= 0.6 is 0 Å². The van der Waals surface area contributed by atoms with Gasteiger partial charge in [-0.1, -0.05) is 23.8 Å². The van der Waals surface area contributed by atoms with E-state index in [-0.39, 0.29) is 0 Å². The minimum Gasteiger partial charge on any atom is -0.467 e. The highest BCUT2D eigenvalue weighted by Crippen LogP contribution is 2.23. The van der Waals surface area contributed by atoms with Gasteiger partial charge in [0.25, 0.3) is 0 Å². The van der Waals surface area contributed by atoms with E-state index in [2.05, 4.69) is 9.97 Å². The Morgan fingerprint density at radius 3 is 2.53 bits per heavy atom. The largest absolute Gasteiger partial charge is 0.467 e. The van der Waals surface area contributed by atoms with E-state index in [1.807, 2.05) is 19.1 Å². The first kappa shape index (κ1) is 11.3. The lowest BCUT2D eigenvalue weighted by Gasteiger charge is -2.06. The standard InChI is InChI=1S/C13H12N2O2/c1-9-3-4-10(8-16)12(5-9)11-6-14-13(17-2)15-7-11/h3-8H,1-2H3. The zero-order chi connectivity index (χ0) is 12.3. The zero-order valence-corrected chi connectivity index (χ0v) is 9.68. The van der Waals surface area contributed by atoms with Crippen LogP contribution in [0.3, 0.4) is 0 Å². The van der Waals surface area contributed by atoms with Crippen LogP contribution in [0.25, 0.3) is 11.1 Å². The number of aldehydes is 1. The molecule has 0 bridgehead atoms. The van der Waals surface area contributed by atoms with Gasteiger partial charge in [0.2, 0.25) is 0 Å². The summed E-state index contributed by atoms with van der Waals surface area (Å²) >= 11 is 0. The van der Waals surface area contributed by atoms with E-state index >= 15 is 0 Å². The Hall–Kier alpha value is -2.23. The van der Waals surface area contributed by atoms with Crippen molar-refractivity contribution in [1.82, 2.24) is 9.97 Å². The summed E-state index contributed by atoms with van der Waals surface area (Å²) in [6.07, 6.45) is 4.13. The molecular weight excluding hydrogens is 216 g/mol. The lowest BCUT2D eigenvalue weighted by molar-refractivity contribution is 0.112. The molecule has 1 aromatic carbocycles. The Morgan fingerprint density at radius 2 is 1.94 bits per heavy atom. The molecule has 4 nitrogen and oxygen atoms in total. The number of methoxy groups -OCH3 is 1. The molecule has 0 fully saturated rings. The average molecular weight is 228 g/mol. The quantitative estimate of drug-likeness (QED) is 0.756. The van der Waals surface area contributed by atoms with E-state index < -0.39 is 0 Å². The number of hydrogen-bond donors (Lipinski definition) is 0. The van der Waals surface area contributed by atoms with Crippen molar-refractivity contribution in [2.24, 2.45) is 0 Å². The molecule has 0 saturated carbocycles. The van der Waals surface area contributed by atoms with Crippen LogP contribution in [0, 0.1) is 6.92 Å². The fraction of sp³-hybridized carbons (Fsp3) is 0.154. The molecule has 0 saturated heterocycles. The highest BCUT2D eigenvalue weighted by molar-refractivity contribution is 5.87. The second-order valence-corrected chi connectivity index (χ2v) is 3.67. The minimum absolute atomic E-state index is 0.314. The second kappa shape index (κ2) is 4.74. The fourth-order valence-electron chi connectivity index (χ4n) is 1.58. The second-order valence-electron chi connectivity index (χ2n) is 3.67. The molecule has 4 heteroatoms. The van der Waals surface area contributed by atoms with Crippen molar-refractivity contribution in [3.63, 3.8) is 0 Å². The van der Waals surface area contributed by atoms with Crippen molar-refractivity contribution in [2.45, 2.75) is 6.92 Å². The third-order valence-electron chi connectivity index (χ3n) is 2.46. The molecule has 2 aromatic rings. The van der Waals surface area contributed by atoms with Gasteiger partial charge in [-0.2, -0.15) is 0 Å². The molecule has 2 rings (SSSR count). The summed E-state index contributed by atoms with van der Waals surface area (Å²) in [6, 6.07) is 5.95. The van der Waals surface area contributed by atoms with Crippen LogP contribution in [-0.2, 0) is 0 Å². The van der Waals surface area contributed by atoms with Crippen LogP contribution in [0.1, 0.15) is 15.9 Å². The van der Waals surface area contributed by atoms with Gasteiger partial charge in [-0.25, -0.2) is 9.97 Å². The third kappa shape index (κ3) is 2.30. The Bertz CT molecular complexity index is 536. The molecule has 0 aliphatic carbocycles.